The number of anilines is 25. The molecule has 0 radical (unpaired) electrons. The minimum absolute atomic E-state index is 0.0809. The van der Waals surface area contributed by atoms with Gasteiger partial charge < -0.3 is 158 Å². The van der Waals surface area contributed by atoms with Gasteiger partial charge in [-0.15, -0.1) is 0 Å². The van der Waals surface area contributed by atoms with Crippen LogP contribution in [0, 0.1) is 0 Å². The van der Waals surface area contributed by atoms with E-state index in [1.54, 1.807) is 0 Å². The Hall–Kier alpha value is -14.1. The highest BCUT2D eigenvalue weighted by atomic mass is 16.3. The number of aryl methyl sites for hydroxylation is 2. The third-order valence-electron chi connectivity index (χ3n) is 16.4. The monoisotopic (exact) mass is 1750 g/mol. The molecule has 686 valence electrons. The average molecular weight is 1750 g/mol. The van der Waals surface area contributed by atoms with Crippen LogP contribution in [0.1, 0.15) is 154 Å². The van der Waals surface area contributed by atoms with Crippen molar-refractivity contribution in [3.8, 4) is 0 Å². The molecule has 0 aliphatic carbocycles. The summed E-state index contributed by atoms with van der Waals surface area (Å²) in [6, 6.07) is 0. The SMILES string of the molecule is CCNc1nc(N)nc(NCCCCNc2nc(NCC)nc(NCCCCO)n2)n1.Nc1nc(N)nc(CCCCCNc2nc(NCCCCO)nc(NCCCCO)n2)n1.Nc1nc(N)nc(NCCCCCc2nc(N)nc(NCCCCNc3nc(N)nc(N)n3)n2)n1.Nc1nc(N)nc(NCCCCNc2nc(N)nc(NCCCCO)n2)n1. The maximum absolute atomic E-state index is 8.91. The third-order valence-corrected chi connectivity index (χ3v) is 16.4. The van der Waals surface area contributed by atoms with Gasteiger partial charge in [-0.25, -0.2) is 0 Å². The summed E-state index contributed by atoms with van der Waals surface area (Å²) in [6.45, 7) is 14.2. The Bertz CT molecular complexity index is 4280. The zero-order chi connectivity index (χ0) is 89.9. The van der Waals surface area contributed by atoms with Gasteiger partial charge in [0.1, 0.15) is 11.6 Å². The molecule has 0 bridgehead atoms. The van der Waals surface area contributed by atoms with Crippen LogP contribution >= 0.6 is 0 Å². The molecule has 9 aromatic heterocycles. The van der Waals surface area contributed by atoms with Crippen LogP contribution in [0.3, 0.4) is 0 Å². The van der Waals surface area contributed by atoms with E-state index in [0.717, 1.165) is 135 Å². The number of nitrogens with one attached hydrogen (secondary N) is 14. The van der Waals surface area contributed by atoms with Gasteiger partial charge >= 0.3 is 0 Å². The summed E-state index contributed by atoms with van der Waals surface area (Å²) in [6.07, 6.45) is 18.3. The quantitative estimate of drug-likeness (QED) is 0.0223. The Morgan fingerprint density at radius 1 is 0.160 bits per heavy atom. The molecule has 56 heteroatoms. The molecule has 0 saturated carbocycles. The predicted molar refractivity (Wildman–Crippen MR) is 485 cm³/mol. The van der Waals surface area contributed by atoms with Gasteiger partial charge in [-0.2, -0.15) is 135 Å². The number of aliphatic hydroxyl groups excluding tert-OH is 4. The minimum atomic E-state index is 0.0809. The van der Waals surface area contributed by atoms with Crippen LogP contribution in [-0.2, 0) is 12.8 Å². The lowest BCUT2D eigenvalue weighted by atomic mass is 10.2. The summed E-state index contributed by atoms with van der Waals surface area (Å²) in [7, 11) is 0. The molecule has 56 nitrogen and oxygen atoms in total. The summed E-state index contributed by atoms with van der Waals surface area (Å²) >= 11 is 0. The lowest BCUT2D eigenvalue weighted by Gasteiger charge is -2.11. The molecular weight excluding hydrogens is 1620 g/mol. The van der Waals surface area contributed by atoms with Crippen LogP contribution in [0.25, 0.3) is 0 Å². The zero-order valence-electron chi connectivity index (χ0n) is 71.0. The Balaban J connectivity index is 0.000000259. The minimum Gasteiger partial charge on any atom is -0.396 e. The maximum atomic E-state index is 8.91. The normalized spacial score (nSPS) is 10.7. The van der Waals surface area contributed by atoms with Gasteiger partial charge in [0.05, 0.1) is 0 Å². The Morgan fingerprint density at radius 3 is 0.520 bits per heavy atom. The van der Waals surface area contributed by atoms with Crippen LogP contribution in [0.15, 0.2) is 0 Å². The van der Waals surface area contributed by atoms with Crippen LogP contribution < -0.4 is 138 Å². The first-order valence-corrected chi connectivity index (χ1v) is 41.6. The van der Waals surface area contributed by atoms with Crippen LogP contribution in [0.2, 0.25) is 0 Å². The number of nitrogen functional groups attached to an aromatic ring is 11. The molecule has 0 spiro atoms. The first kappa shape index (κ1) is 99.7. The lowest BCUT2D eigenvalue weighted by Crippen LogP contribution is -2.15. The number of nitrogens with two attached hydrogens (primary N) is 11. The van der Waals surface area contributed by atoms with Gasteiger partial charge in [0.25, 0.3) is 0 Å². The van der Waals surface area contributed by atoms with Gasteiger partial charge in [-0.1, -0.05) is 12.8 Å². The van der Waals surface area contributed by atoms with Crippen molar-refractivity contribution in [2.75, 3.05) is 256 Å². The van der Waals surface area contributed by atoms with Gasteiger partial charge in [0.2, 0.25) is 149 Å². The number of aliphatic hydroxyl groups is 4. The molecule has 0 amide bonds. The third kappa shape index (κ3) is 44.9. The Labute approximate surface area is 723 Å². The van der Waals surface area contributed by atoms with Crippen molar-refractivity contribution < 1.29 is 20.4 Å². The van der Waals surface area contributed by atoms with Crippen LogP contribution in [-0.4, -0.2) is 273 Å². The van der Waals surface area contributed by atoms with E-state index in [9.17, 15) is 0 Å². The van der Waals surface area contributed by atoms with Crippen molar-refractivity contribution in [1.29, 1.82) is 0 Å². The van der Waals surface area contributed by atoms with Crippen molar-refractivity contribution in [3.05, 3.63) is 11.6 Å². The van der Waals surface area contributed by atoms with Gasteiger partial charge in [-0.05, 0) is 129 Å². The van der Waals surface area contributed by atoms with E-state index in [-0.39, 0.29) is 91.9 Å². The smallest absolute Gasteiger partial charge is 0.229 e. The number of unbranched alkanes of at least 4 members (excludes halogenated alkanes) is 11. The number of nitrogens with zero attached hydrogens (tertiary/aromatic N) is 27. The summed E-state index contributed by atoms with van der Waals surface area (Å²) < 4.78 is 0. The highest BCUT2D eigenvalue weighted by Crippen LogP contribution is 2.17. The number of rotatable bonds is 59. The largest absolute Gasteiger partial charge is 0.396 e. The van der Waals surface area contributed by atoms with E-state index < -0.39 is 0 Å². The van der Waals surface area contributed by atoms with Gasteiger partial charge in [-0.3, -0.25) is 0 Å². The topological polar surface area (TPSA) is 884 Å². The molecule has 0 atom stereocenters. The molecule has 125 heavy (non-hydrogen) atoms. The first-order valence-electron chi connectivity index (χ1n) is 41.6. The maximum Gasteiger partial charge on any atom is 0.229 e. The van der Waals surface area contributed by atoms with E-state index in [2.05, 4.69) is 209 Å². The molecular formula is C69H126N52O4. The number of hydrogen-bond donors (Lipinski definition) is 29. The summed E-state index contributed by atoms with van der Waals surface area (Å²) in [5.74, 6) is 8.86. The first-order chi connectivity index (χ1) is 60.7. The second-order valence-corrected chi connectivity index (χ2v) is 27.0. The van der Waals surface area contributed by atoms with Gasteiger partial charge in [0.15, 0.2) is 0 Å². The molecule has 0 aliphatic heterocycles. The van der Waals surface area contributed by atoms with Crippen molar-refractivity contribution in [2.24, 2.45) is 0 Å². The van der Waals surface area contributed by atoms with E-state index in [4.69, 9.17) is 83.5 Å². The molecule has 0 aliphatic rings. The molecule has 40 N–H and O–H groups in total. The fourth-order valence-corrected chi connectivity index (χ4v) is 10.6. The number of aromatic nitrogens is 27. The average Bonchev–Trinajstić information content (AvgIpc) is 0.854. The predicted octanol–water partition coefficient (Wildman–Crippen LogP) is -0.0208. The van der Waals surface area contributed by atoms with E-state index in [1.165, 1.54) is 0 Å². The van der Waals surface area contributed by atoms with Gasteiger partial charge in [0, 0.05) is 131 Å². The standard InChI is InChI=1S/C19H35N11O2.C18H31N17.C18H34N12O.C14H26N12O/c20-15-25-14(26-16(21)27-15)8-2-1-3-9-22-17-28-18(23-10-4-6-12-31)30-19(29-17)24-11-5-7-13-32;19-11-27-10(6-2-1-3-7-25-17-32-12(20)29-13(21)33-17)28-16(31-11)24-8-4-5-9-26-18-34-14(22)30-15(23)35-18;1-3-20-14-25-13(19)26-16(27-14)22-9-5-6-10-23-17-28-15(21-4-2)29-18(30-17)24-11-7-8-12-31;15-9-21-10(16)23-12(22-9)18-5-1-2-6-19-13-24-11(17)25-14(26-13)20-7-3-4-8-27/h31-32H,1-13H2,(H4,20,21,25,26,27)(H3,22,23,24,28,29,30);1-9H2,(H3,19,24,27,28,31)(H5,20,21,25,29,32,33)(H5,22,23,26,30,34,35);31H,3-12H2,1-2H3,(H4,19,20,22,25,26,27)(H3,21,23,24,28,29,30);27H,1-8H2,(H5,15,16,18,21,22,23)(H4,17,19,20,24,25,26). The molecule has 0 unspecified atom stereocenters. The molecule has 9 heterocycles. The highest BCUT2D eigenvalue weighted by Gasteiger charge is 2.14. The van der Waals surface area contributed by atoms with E-state index in [0.29, 0.717) is 193 Å². The van der Waals surface area contributed by atoms with Crippen LogP contribution in [0.4, 0.5) is 149 Å². The number of hydrogen-bond acceptors (Lipinski definition) is 56. The fourth-order valence-electron chi connectivity index (χ4n) is 10.6. The van der Waals surface area contributed by atoms with Crippen LogP contribution in [0.5, 0.6) is 0 Å². The zero-order valence-corrected chi connectivity index (χ0v) is 71.0. The van der Waals surface area contributed by atoms with E-state index in [1.807, 2.05) is 13.8 Å². The summed E-state index contributed by atoms with van der Waals surface area (Å²) in [4.78, 5) is 111. The summed E-state index contributed by atoms with van der Waals surface area (Å²) in [5.41, 5.74) is 61.6. The summed E-state index contributed by atoms with van der Waals surface area (Å²) in [5, 5.41) is 79.3. The molecule has 9 aromatic rings. The van der Waals surface area contributed by atoms with Crippen molar-refractivity contribution >= 4 is 149 Å². The van der Waals surface area contributed by atoms with E-state index >= 15 is 0 Å². The molecule has 0 saturated heterocycles. The Morgan fingerprint density at radius 2 is 0.304 bits per heavy atom. The van der Waals surface area contributed by atoms with Crippen molar-refractivity contribution in [1.82, 2.24) is 135 Å². The molecule has 0 fully saturated rings. The lowest BCUT2D eigenvalue weighted by molar-refractivity contribution is 0.286. The Kier molecular flexibility index (Phi) is 47.6. The fraction of sp³-hybridized carbons (Fsp3) is 0.609. The second kappa shape index (κ2) is 59.6. The highest BCUT2D eigenvalue weighted by molar-refractivity contribution is 5.46. The second-order valence-electron chi connectivity index (χ2n) is 27.0. The molecule has 9 rings (SSSR count). The van der Waals surface area contributed by atoms with Crippen molar-refractivity contribution in [2.45, 2.75) is 155 Å². The van der Waals surface area contributed by atoms with Crippen molar-refractivity contribution in [3.63, 3.8) is 0 Å². The molecule has 0 aromatic carbocycles.